The summed E-state index contributed by atoms with van der Waals surface area (Å²) in [6, 6.07) is 7.62. The van der Waals surface area contributed by atoms with Gasteiger partial charge in [-0.2, -0.15) is 0 Å². The fourth-order valence-corrected chi connectivity index (χ4v) is 2.37. The van der Waals surface area contributed by atoms with Crippen molar-refractivity contribution in [2.45, 2.75) is 25.1 Å². The maximum atomic E-state index is 10.6. The van der Waals surface area contributed by atoms with Crippen molar-refractivity contribution < 1.29 is 14.6 Å². The minimum Gasteiger partial charge on any atom is -0.491 e. The summed E-state index contributed by atoms with van der Waals surface area (Å²) in [5.74, 6) is -0.0557. The number of thioether (sulfide) groups is 1. The monoisotopic (exact) mass is 292 g/mol. The molecule has 2 rings (SSSR count). The first-order valence-corrected chi connectivity index (χ1v) is 7.20. The second-order valence-electron chi connectivity index (χ2n) is 4.42. The number of rotatable bonds is 6. The van der Waals surface area contributed by atoms with Crippen molar-refractivity contribution in [3.05, 3.63) is 36.7 Å². The molecule has 0 amide bonds. The normalized spacial score (nSPS) is 10.8. The summed E-state index contributed by atoms with van der Waals surface area (Å²) in [4.78, 5) is 14.8. The van der Waals surface area contributed by atoms with Gasteiger partial charge in [0.2, 0.25) is 0 Å². The van der Waals surface area contributed by atoms with Crippen LogP contribution in [0.5, 0.6) is 5.75 Å². The summed E-state index contributed by atoms with van der Waals surface area (Å²) in [6.45, 7) is 3.95. The number of ether oxygens (including phenoxy) is 1. The number of carboxylic acid groups (broad SMARTS) is 1. The maximum absolute atomic E-state index is 10.6. The SMILES string of the molecule is CC(C)Oc1ccc(-n2ccnc2SCC(=O)O)cc1. The van der Waals surface area contributed by atoms with Crippen molar-refractivity contribution in [3.63, 3.8) is 0 Å². The summed E-state index contributed by atoms with van der Waals surface area (Å²) < 4.78 is 7.44. The Morgan fingerprint density at radius 1 is 1.40 bits per heavy atom. The highest BCUT2D eigenvalue weighted by molar-refractivity contribution is 7.99. The van der Waals surface area contributed by atoms with Gasteiger partial charge in [0.25, 0.3) is 0 Å². The van der Waals surface area contributed by atoms with Crippen LogP contribution in [0.25, 0.3) is 5.69 Å². The van der Waals surface area contributed by atoms with Crippen LogP contribution in [-0.2, 0) is 4.79 Å². The van der Waals surface area contributed by atoms with Gasteiger partial charge in [0.15, 0.2) is 5.16 Å². The van der Waals surface area contributed by atoms with E-state index in [1.54, 1.807) is 6.20 Å². The number of aliphatic carboxylic acids is 1. The molecule has 0 spiro atoms. The van der Waals surface area contributed by atoms with Crippen LogP contribution in [0.15, 0.2) is 41.8 Å². The predicted molar refractivity (Wildman–Crippen MR) is 77.7 cm³/mol. The number of carbonyl (C=O) groups is 1. The van der Waals surface area contributed by atoms with Gasteiger partial charge in [-0.25, -0.2) is 4.98 Å². The molecular weight excluding hydrogens is 276 g/mol. The largest absolute Gasteiger partial charge is 0.491 e. The number of nitrogens with zero attached hydrogens (tertiary/aromatic N) is 2. The van der Waals surface area contributed by atoms with E-state index in [9.17, 15) is 4.79 Å². The van der Waals surface area contributed by atoms with Gasteiger partial charge in [-0.3, -0.25) is 9.36 Å². The van der Waals surface area contributed by atoms with Crippen molar-refractivity contribution in [2.75, 3.05) is 5.75 Å². The van der Waals surface area contributed by atoms with Crippen LogP contribution in [0.1, 0.15) is 13.8 Å². The highest BCUT2D eigenvalue weighted by Gasteiger charge is 2.08. The molecule has 5 nitrogen and oxygen atoms in total. The van der Waals surface area contributed by atoms with E-state index in [4.69, 9.17) is 9.84 Å². The summed E-state index contributed by atoms with van der Waals surface area (Å²) >= 11 is 1.19. The molecule has 20 heavy (non-hydrogen) atoms. The first-order chi connectivity index (χ1) is 9.56. The average molecular weight is 292 g/mol. The van der Waals surface area contributed by atoms with Crippen molar-refractivity contribution in [1.29, 1.82) is 0 Å². The van der Waals surface area contributed by atoms with Crippen LogP contribution < -0.4 is 4.74 Å². The van der Waals surface area contributed by atoms with Crippen LogP contribution in [0.4, 0.5) is 0 Å². The van der Waals surface area contributed by atoms with E-state index in [2.05, 4.69) is 4.98 Å². The molecule has 106 valence electrons. The molecule has 1 heterocycles. The minimum absolute atomic E-state index is 0.00838. The highest BCUT2D eigenvalue weighted by atomic mass is 32.2. The number of hydrogen-bond acceptors (Lipinski definition) is 4. The second-order valence-corrected chi connectivity index (χ2v) is 5.37. The zero-order valence-corrected chi connectivity index (χ0v) is 12.1. The van der Waals surface area contributed by atoms with Gasteiger partial charge in [-0.05, 0) is 38.1 Å². The second kappa shape index (κ2) is 6.47. The van der Waals surface area contributed by atoms with E-state index < -0.39 is 5.97 Å². The smallest absolute Gasteiger partial charge is 0.313 e. The van der Waals surface area contributed by atoms with Crippen molar-refractivity contribution in [3.8, 4) is 11.4 Å². The van der Waals surface area contributed by atoms with Crippen LogP contribution >= 0.6 is 11.8 Å². The molecule has 0 fully saturated rings. The number of hydrogen-bond donors (Lipinski definition) is 1. The molecule has 2 aromatic rings. The Morgan fingerprint density at radius 3 is 2.70 bits per heavy atom. The lowest BCUT2D eigenvalue weighted by Crippen LogP contribution is -2.05. The molecule has 1 N–H and O–H groups in total. The van der Waals surface area contributed by atoms with E-state index in [1.165, 1.54) is 11.8 Å². The van der Waals surface area contributed by atoms with E-state index in [-0.39, 0.29) is 11.9 Å². The highest BCUT2D eigenvalue weighted by Crippen LogP contribution is 2.22. The van der Waals surface area contributed by atoms with E-state index in [1.807, 2.05) is 48.9 Å². The van der Waals surface area contributed by atoms with Crippen molar-refractivity contribution >= 4 is 17.7 Å². The molecule has 0 saturated heterocycles. The Kier molecular flexibility index (Phi) is 4.68. The molecule has 6 heteroatoms. The van der Waals surface area contributed by atoms with E-state index in [0.29, 0.717) is 5.16 Å². The number of carboxylic acids is 1. The van der Waals surface area contributed by atoms with Gasteiger partial charge >= 0.3 is 5.97 Å². The van der Waals surface area contributed by atoms with Crippen LogP contribution in [0, 0.1) is 0 Å². The van der Waals surface area contributed by atoms with Gasteiger partial charge in [0.1, 0.15) is 5.75 Å². The molecule has 0 aliphatic carbocycles. The molecule has 1 aromatic carbocycles. The number of imidazole rings is 1. The van der Waals surface area contributed by atoms with Gasteiger partial charge in [-0.1, -0.05) is 11.8 Å². The Labute approximate surface area is 121 Å². The summed E-state index contributed by atoms with van der Waals surface area (Å²) in [6.07, 6.45) is 3.60. The number of benzene rings is 1. The topological polar surface area (TPSA) is 64.4 Å². The Bertz CT molecular complexity index is 578. The molecular formula is C14H16N2O3S. The van der Waals surface area contributed by atoms with Gasteiger partial charge < -0.3 is 9.84 Å². The lowest BCUT2D eigenvalue weighted by molar-refractivity contribution is -0.133. The Morgan fingerprint density at radius 2 is 2.10 bits per heavy atom. The molecule has 0 atom stereocenters. The molecule has 0 saturated carbocycles. The van der Waals surface area contributed by atoms with E-state index in [0.717, 1.165) is 11.4 Å². The molecule has 0 bridgehead atoms. The van der Waals surface area contributed by atoms with Crippen LogP contribution in [0.3, 0.4) is 0 Å². The molecule has 0 radical (unpaired) electrons. The van der Waals surface area contributed by atoms with Gasteiger partial charge in [0.05, 0.1) is 11.9 Å². The molecule has 1 aromatic heterocycles. The van der Waals surface area contributed by atoms with Gasteiger partial charge in [-0.15, -0.1) is 0 Å². The first-order valence-electron chi connectivity index (χ1n) is 6.21. The van der Waals surface area contributed by atoms with Crippen LogP contribution in [-0.4, -0.2) is 32.5 Å². The quantitative estimate of drug-likeness (QED) is 0.829. The van der Waals surface area contributed by atoms with Crippen molar-refractivity contribution in [2.24, 2.45) is 0 Å². The lowest BCUT2D eigenvalue weighted by Gasteiger charge is -2.11. The molecule has 0 unspecified atom stereocenters. The summed E-state index contributed by atoms with van der Waals surface area (Å²) in [7, 11) is 0. The maximum Gasteiger partial charge on any atom is 0.313 e. The van der Waals surface area contributed by atoms with E-state index >= 15 is 0 Å². The third-order valence-electron chi connectivity index (χ3n) is 2.42. The Balaban J connectivity index is 2.15. The van der Waals surface area contributed by atoms with Crippen molar-refractivity contribution in [1.82, 2.24) is 9.55 Å². The third-order valence-corrected chi connectivity index (χ3v) is 3.37. The Hall–Kier alpha value is -1.95. The lowest BCUT2D eigenvalue weighted by atomic mass is 10.3. The van der Waals surface area contributed by atoms with Gasteiger partial charge in [0, 0.05) is 18.1 Å². The summed E-state index contributed by atoms with van der Waals surface area (Å²) in [5.41, 5.74) is 0.923. The average Bonchev–Trinajstić information content (AvgIpc) is 2.85. The third kappa shape index (κ3) is 3.77. The fraction of sp³-hybridized carbons (Fsp3) is 0.286. The minimum atomic E-state index is -0.856. The summed E-state index contributed by atoms with van der Waals surface area (Å²) in [5, 5.41) is 9.38. The fourth-order valence-electron chi connectivity index (χ4n) is 1.68. The first kappa shape index (κ1) is 14.5. The number of aromatic nitrogens is 2. The zero-order valence-electron chi connectivity index (χ0n) is 11.3. The zero-order chi connectivity index (χ0) is 14.5. The van der Waals surface area contributed by atoms with Crippen LogP contribution in [0.2, 0.25) is 0 Å². The molecule has 0 aliphatic heterocycles. The standard InChI is InChI=1S/C14H16N2O3S/c1-10(2)19-12-5-3-11(4-6-12)16-8-7-15-14(16)20-9-13(17)18/h3-8,10H,9H2,1-2H3,(H,17,18). The molecule has 0 aliphatic rings. The predicted octanol–water partition coefficient (Wildman–Crippen LogP) is 2.84.